The third-order valence-electron chi connectivity index (χ3n) is 5.15. The Hall–Kier alpha value is -1.89. The van der Waals surface area contributed by atoms with E-state index in [0.29, 0.717) is 12.0 Å². The van der Waals surface area contributed by atoms with Crippen LogP contribution in [0.2, 0.25) is 0 Å². The lowest BCUT2D eigenvalue weighted by molar-refractivity contribution is 0.443. The van der Waals surface area contributed by atoms with Crippen LogP contribution in [-0.4, -0.2) is 11.8 Å². The van der Waals surface area contributed by atoms with Gasteiger partial charge >= 0.3 is 0 Å². The van der Waals surface area contributed by atoms with Gasteiger partial charge < -0.3 is 0 Å². The van der Waals surface area contributed by atoms with Gasteiger partial charge in [-0.15, -0.1) is 0 Å². The fourth-order valence-electron chi connectivity index (χ4n) is 3.98. The Morgan fingerprint density at radius 3 is 2.32 bits per heavy atom. The quantitative estimate of drug-likeness (QED) is 0.725. The van der Waals surface area contributed by atoms with Crippen LogP contribution >= 0.6 is 0 Å². The van der Waals surface area contributed by atoms with Crippen LogP contribution in [0.4, 0.5) is 0 Å². The molecule has 2 aliphatic rings. The van der Waals surface area contributed by atoms with Gasteiger partial charge in [0.1, 0.15) is 0 Å². The predicted octanol–water partition coefficient (Wildman–Crippen LogP) is 5.15. The van der Waals surface area contributed by atoms with Gasteiger partial charge in [0.05, 0.1) is 11.8 Å². The van der Waals surface area contributed by atoms with Crippen LogP contribution in [0.1, 0.15) is 54.7 Å². The van der Waals surface area contributed by atoms with Crippen molar-refractivity contribution in [2.75, 3.05) is 0 Å². The highest BCUT2D eigenvalue weighted by Crippen LogP contribution is 2.35. The van der Waals surface area contributed by atoms with Gasteiger partial charge in [-0.2, -0.15) is 0 Å². The fourth-order valence-corrected chi connectivity index (χ4v) is 3.98. The number of aliphatic imine (C=N–C) groups is 1. The zero-order chi connectivity index (χ0) is 14.8. The van der Waals surface area contributed by atoms with Gasteiger partial charge in [-0.3, -0.25) is 4.99 Å². The van der Waals surface area contributed by atoms with Gasteiger partial charge in [0, 0.05) is 5.92 Å². The number of rotatable bonds is 2. The van der Waals surface area contributed by atoms with Crippen molar-refractivity contribution in [2.24, 2.45) is 4.99 Å². The van der Waals surface area contributed by atoms with Crippen LogP contribution in [0, 0.1) is 0 Å². The summed E-state index contributed by atoms with van der Waals surface area (Å²) in [4.78, 5) is 5.25. The highest BCUT2D eigenvalue weighted by Gasteiger charge is 2.30. The average Bonchev–Trinajstić information content (AvgIpc) is 2.95. The van der Waals surface area contributed by atoms with Gasteiger partial charge in [0.2, 0.25) is 0 Å². The van der Waals surface area contributed by atoms with Crippen LogP contribution in [0.3, 0.4) is 0 Å². The van der Waals surface area contributed by atoms with E-state index in [1.54, 1.807) is 0 Å². The van der Waals surface area contributed by atoms with E-state index in [1.807, 2.05) is 0 Å². The summed E-state index contributed by atoms with van der Waals surface area (Å²) in [6, 6.07) is 20.3. The van der Waals surface area contributed by atoms with E-state index >= 15 is 0 Å². The summed E-state index contributed by atoms with van der Waals surface area (Å²) in [6.45, 7) is 0. The molecule has 1 nitrogen and oxygen atoms in total. The van der Waals surface area contributed by atoms with E-state index in [0.717, 1.165) is 6.42 Å². The molecule has 2 aliphatic carbocycles. The van der Waals surface area contributed by atoms with E-state index in [4.69, 9.17) is 4.99 Å². The maximum absolute atomic E-state index is 5.25. The Bertz CT molecular complexity index is 665. The zero-order valence-electron chi connectivity index (χ0n) is 13.0. The molecular weight excluding hydrogens is 266 g/mol. The molecule has 0 aromatic heterocycles. The first kappa shape index (κ1) is 13.8. The summed E-state index contributed by atoms with van der Waals surface area (Å²) in [5.41, 5.74) is 5.61. The molecule has 0 saturated heterocycles. The second kappa shape index (κ2) is 6.08. The number of hydrogen-bond acceptors (Lipinski definition) is 1. The molecule has 0 heterocycles. The molecule has 0 amide bonds. The van der Waals surface area contributed by atoms with Gasteiger partial charge in [-0.1, -0.05) is 73.9 Å². The van der Waals surface area contributed by atoms with Gasteiger partial charge in [-0.05, 0) is 36.0 Å². The summed E-state index contributed by atoms with van der Waals surface area (Å²) in [7, 11) is 0. The summed E-state index contributed by atoms with van der Waals surface area (Å²) >= 11 is 0. The monoisotopic (exact) mass is 289 g/mol. The highest BCUT2D eigenvalue weighted by molar-refractivity contribution is 6.09. The summed E-state index contributed by atoms with van der Waals surface area (Å²) in [5.74, 6) is 0.445. The fraction of sp³-hybridized carbons (Fsp3) is 0.381. The first-order valence-electron chi connectivity index (χ1n) is 8.63. The van der Waals surface area contributed by atoms with Crippen molar-refractivity contribution >= 4 is 5.71 Å². The number of benzene rings is 2. The van der Waals surface area contributed by atoms with E-state index < -0.39 is 0 Å². The van der Waals surface area contributed by atoms with Crippen LogP contribution < -0.4 is 0 Å². The summed E-state index contributed by atoms with van der Waals surface area (Å²) < 4.78 is 0. The minimum atomic E-state index is 0.445. The maximum atomic E-state index is 5.25. The maximum Gasteiger partial charge on any atom is 0.0504 e. The molecule has 0 aliphatic heterocycles. The molecule has 0 N–H and O–H groups in total. The lowest BCUT2D eigenvalue weighted by Gasteiger charge is -2.21. The van der Waals surface area contributed by atoms with Crippen LogP contribution in [0.25, 0.3) is 0 Å². The standard InChI is InChI=1S/C21H23N/c1-3-9-16(10-4-1)20-15-17-11-7-8-14-19(17)21(20)22-18-12-5-2-6-13-18/h1,3-4,7-11,14,18,20H,2,5-6,12-13,15H2/t20-/m0/s1. The Balaban J connectivity index is 1.74. The smallest absolute Gasteiger partial charge is 0.0504 e. The molecule has 1 atom stereocenters. The molecule has 1 saturated carbocycles. The SMILES string of the molecule is c1ccc([C@@H]2Cc3ccccc3C2=NC2CCCCC2)cc1. The molecule has 112 valence electrons. The van der Waals surface area contributed by atoms with E-state index in [9.17, 15) is 0 Å². The third-order valence-corrected chi connectivity index (χ3v) is 5.15. The Morgan fingerprint density at radius 1 is 0.773 bits per heavy atom. The predicted molar refractivity (Wildman–Crippen MR) is 92.7 cm³/mol. The highest BCUT2D eigenvalue weighted by atomic mass is 14.8. The molecule has 2 aromatic rings. The second-order valence-electron chi connectivity index (χ2n) is 6.63. The molecule has 0 spiro atoms. The van der Waals surface area contributed by atoms with Crippen molar-refractivity contribution in [3.63, 3.8) is 0 Å². The molecule has 0 bridgehead atoms. The molecule has 0 unspecified atom stereocenters. The van der Waals surface area contributed by atoms with Crippen molar-refractivity contribution in [1.82, 2.24) is 0 Å². The molecule has 2 aromatic carbocycles. The van der Waals surface area contributed by atoms with E-state index in [1.165, 1.54) is 54.5 Å². The largest absolute Gasteiger partial charge is 0.285 e. The Morgan fingerprint density at radius 2 is 1.50 bits per heavy atom. The lowest BCUT2D eigenvalue weighted by atomic mass is 9.92. The number of nitrogens with zero attached hydrogens (tertiary/aromatic N) is 1. The molecule has 22 heavy (non-hydrogen) atoms. The Labute approximate surface area is 133 Å². The second-order valence-corrected chi connectivity index (χ2v) is 6.63. The average molecular weight is 289 g/mol. The lowest BCUT2D eigenvalue weighted by Crippen LogP contribution is -2.16. The van der Waals surface area contributed by atoms with Crippen LogP contribution in [0.15, 0.2) is 59.6 Å². The van der Waals surface area contributed by atoms with Gasteiger partial charge in [0.15, 0.2) is 0 Å². The van der Waals surface area contributed by atoms with Gasteiger partial charge in [0.25, 0.3) is 0 Å². The van der Waals surface area contributed by atoms with Crippen molar-refractivity contribution in [3.05, 3.63) is 71.3 Å². The van der Waals surface area contributed by atoms with E-state index in [-0.39, 0.29) is 0 Å². The Kier molecular flexibility index (Phi) is 3.80. The van der Waals surface area contributed by atoms with Crippen LogP contribution in [0.5, 0.6) is 0 Å². The van der Waals surface area contributed by atoms with Crippen molar-refractivity contribution in [3.8, 4) is 0 Å². The first-order chi connectivity index (χ1) is 10.9. The first-order valence-corrected chi connectivity index (χ1v) is 8.63. The minimum Gasteiger partial charge on any atom is -0.285 e. The number of fused-ring (bicyclic) bond motifs is 1. The summed E-state index contributed by atoms with van der Waals surface area (Å²) in [5, 5.41) is 0. The third kappa shape index (κ3) is 2.61. The van der Waals surface area contributed by atoms with Crippen molar-refractivity contribution in [1.29, 1.82) is 0 Å². The van der Waals surface area contributed by atoms with Crippen LogP contribution in [-0.2, 0) is 6.42 Å². The number of hydrogen-bond donors (Lipinski definition) is 0. The molecule has 1 fully saturated rings. The van der Waals surface area contributed by atoms with Crippen molar-refractivity contribution < 1.29 is 0 Å². The molecule has 1 heteroatoms. The zero-order valence-corrected chi connectivity index (χ0v) is 13.0. The van der Waals surface area contributed by atoms with Gasteiger partial charge in [-0.25, -0.2) is 0 Å². The molecular formula is C21H23N. The summed E-state index contributed by atoms with van der Waals surface area (Å²) in [6.07, 6.45) is 7.73. The topological polar surface area (TPSA) is 12.4 Å². The molecule has 4 rings (SSSR count). The molecule has 0 radical (unpaired) electrons. The van der Waals surface area contributed by atoms with Crippen molar-refractivity contribution in [2.45, 2.75) is 50.5 Å². The normalized spacial score (nSPS) is 23.6. The minimum absolute atomic E-state index is 0.445. The van der Waals surface area contributed by atoms with E-state index in [2.05, 4.69) is 54.6 Å².